The highest BCUT2D eigenvalue weighted by atomic mass is 19.1. The Hall–Kier alpha value is -0.190. The van der Waals surface area contributed by atoms with E-state index in [1.807, 2.05) is 0 Å². The standard InChI is InChI=1S/C8H16FNO2/c1-2-6(9)5-3-10-4-7(11)8(5)12/h5-8,10-12H,2-4H2,1H3/t5?,6-,7?,8?/m1/s1. The largest absolute Gasteiger partial charge is 0.390 e. The van der Waals surface area contributed by atoms with Crippen molar-refractivity contribution in [2.24, 2.45) is 5.92 Å². The monoisotopic (exact) mass is 177 g/mol. The molecule has 72 valence electrons. The number of rotatable bonds is 2. The third kappa shape index (κ3) is 1.94. The third-order valence-electron chi connectivity index (χ3n) is 2.42. The topological polar surface area (TPSA) is 52.5 Å². The van der Waals surface area contributed by atoms with Gasteiger partial charge in [0.05, 0.1) is 12.2 Å². The van der Waals surface area contributed by atoms with Gasteiger partial charge in [-0.1, -0.05) is 6.92 Å². The molecule has 1 aliphatic heterocycles. The van der Waals surface area contributed by atoms with E-state index in [0.29, 0.717) is 19.5 Å². The molecule has 0 radical (unpaired) electrons. The summed E-state index contributed by atoms with van der Waals surface area (Å²) in [4.78, 5) is 0. The fourth-order valence-electron chi connectivity index (χ4n) is 1.57. The van der Waals surface area contributed by atoms with E-state index in [1.54, 1.807) is 6.92 Å². The molecular formula is C8H16FNO2. The number of hydrogen-bond acceptors (Lipinski definition) is 3. The summed E-state index contributed by atoms with van der Waals surface area (Å²) in [5, 5.41) is 21.5. The first-order chi connectivity index (χ1) is 5.66. The number of hydrogen-bond donors (Lipinski definition) is 3. The average Bonchev–Trinajstić information content (AvgIpc) is 2.08. The first-order valence-corrected chi connectivity index (χ1v) is 4.37. The second-order valence-electron chi connectivity index (χ2n) is 3.30. The summed E-state index contributed by atoms with van der Waals surface area (Å²) < 4.78 is 13.1. The molecule has 0 bridgehead atoms. The van der Waals surface area contributed by atoms with Gasteiger partial charge in [0.15, 0.2) is 0 Å². The summed E-state index contributed by atoms with van der Waals surface area (Å²) in [6.45, 7) is 2.54. The third-order valence-corrected chi connectivity index (χ3v) is 2.42. The molecule has 12 heavy (non-hydrogen) atoms. The van der Waals surface area contributed by atoms with Gasteiger partial charge in [-0.05, 0) is 6.42 Å². The van der Waals surface area contributed by atoms with Gasteiger partial charge in [0, 0.05) is 19.0 Å². The second-order valence-corrected chi connectivity index (χ2v) is 3.30. The van der Waals surface area contributed by atoms with Gasteiger partial charge in [-0.3, -0.25) is 0 Å². The van der Waals surface area contributed by atoms with Crippen molar-refractivity contribution in [1.82, 2.24) is 5.32 Å². The lowest BCUT2D eigenvalue weighted by Crippen LogP contribution is -2.53. The van der Waals surface area contributed by atoms with Gasteiger partial charge in [-0.15, -0.1) is 0 Å². The number of piperidine rings is 1. The molecule has 3 unspecified atom stereocenters. The summed E-state index contributed by atoms with van der Waals surface area (Å²) in [7, 11) is 0. The molecule has 1 fully saturated rings. The van der Waals surface area contributed by atoms with Crippen molar-refractivity contribution < 1.29 is 14.6 Å². The number of aliphatic hydroxyl groups excluding tert-OH is 2. The smallest absolute Gasteiger partial charge is 0.106 e. The maximum Gasteiger partial charge on any atom is 0.106 e. The van der Waals surface area contributed by atoms with Gasteiger partial charge in [0.2, 0.25) is 0 Å². The molecule has 3 nitrogen and oxygen atoms in total. The van der Waals surface area contributed by atoms with Crippen LogP contribution in [-0.4, -0.2) is 41.7 Å². The van der Waals surface area contributed by atoms with Crippen LogP contribution in [0.1, 0.15) is 13.3 Å². The molecule has 0 amide bonds. The van der Waals surface area contributed by atoms with Gasteiger partial charge in [0.25, 0.3) is 0 Å². The van der Waals surface area contributed by atoms with E-state index in [2.05, 4.69) is 5.32 Å². The van der Waals surface area contributed by atoms with Gasteiger partial charge in [-0.2, -0.15) is 0 Å². The van der Waals surface area contributed by atoms with Crippen molar-refractivity contribution in [3.05, 3.63) is 0 Å². The Labute approximate surface area is 71.6 Å². The van der Waals surface area contributed by atoms with Crippen molar-refractivity contribution in [1.29, 1.82) is 0 Å². The zero-order chi connectivity index (χ0) is 9.14. The van der Waals surface area contributed by atoms with E-state index in [-0.39, 0.29) is 0 Å². The Morgan fingerprint density at radius 1 is 1.50 bits per heavy atom. The molecule has 0 spiro atoms. The van der Waals surface area contributed by atoms with E-state index < -0.39 is 24.3 Å². The molecule has 1 saturated heterocycles. The van der Waals surface area contributed by atoms with Crippen LogP contribution in [0.2, 0.25) is 0 Å². The number of alkyl halides is 1. The highest BCUT2D eigenvalue weighted by molar-refractivity contribution is 4.87. The van der Waals surface area contributed by atoms with Gasteiger partial charge >= 0.3 is 0 Å². The number of halogens is 1. The number of β-amino-alcohol motifs (C(OH)–C–C–N with tert-alkyl or cyclic N) is 1. The van der Waals surface area contributed by atoms with Crippen LogP contribution in [0, 0.1) is 5.92 Å². The van der Waals surface area contributed by atoms with E-state index >= 15 is 0 Å². The zero-order valence-electron chi connectivity index (χ0n) is 7.20. The lowest BCUT2D eigenvalue weighted by molar-refractivity contribution is -0.0576. The molecule has 1 aliphatic rings. The van der Waals surface area contributed by atoms with E-state index in [9.17, 15) is 14.6 Å². The molecule has 3 N–H and O–H groups in total. The lowest BCUT2D eigenvalue weighted by atomic mass is 9.89. The molecule has 4 atom stereocenters. The Kier molecular flexibility index (Phi) is 3.43. The molecule has 1 heterocycles. The lowest BCUT2D eigenvalue weighted by Gasteiger charge is -2.34. The predicted octanol–water partition coefficient (Wildman–Crippen LogP) is -0.324. The second kappa shape index (κ2) is 4.16. The molecule has 0 aromatic heterocycles. The van der Waals surface area contributed by atoms with Crippen LogP contribution in [0.3, 0.4) is 0 Å². The van der Waals surface area contributed by atoms with Crippen LogP contribution in [-0.2, 0) is 0 Å². The van der Waals surface area contributed by atoms with Crippen molar-refractivity contribution in [2.45, 2.75) is 31.7 Å². The van der Waals surface area contributed by atoms with Crippen molar-refractivity contribution in [3.63, 3.8) is 0 Å². The highest BCUT2D eigenvalue weighted by Crippen LogP contribution is 2.20. The quantitative estimate of drug-likeness (QED) is 0.541. The van der Waals surface area contributed by atoms with Crippen LogP contribution in [0.5, 0.6) is 0 Å². The van der Waals surface area contributed by atoms with Crippen molar-refractivity contribution in [3.8, 4) is 0 Å². The fraction of sp³-hybridized carbons (Fsp3) is 1.00. The molecular weight excluding hydrogens is 161 g/mol. The van der Waals surface area contributed by atoms with Crippen LogP contribution < -0.4 is 5.32 Å². The van der Waals surface area contributed by atoms with E-state index in [4.69, 9.17) is 0 Å². The summed E-state index contributed by atoms with van der Waals surface area (Å²) in [5.41, 5.74) is 0. The minimum Gasteiger partial charge on any atom is -0.390 e. The van der Waals surface area contributed by atoms with E-state index in [0.717, 1.165) is 0 Å². The Morgan fingerprint density at radius 3 is 2.75 bits per heavy atom. The van der Waals surface area contributed by atoms with Gasteiger partial charge < -0.3 is 15.5 Å². The van der Waals surface area contributed by atoms with Gasteiger partial charge in [0.1, 0.15) is 6.17 Å². The molecule has 0 aromatic rings. The maximum atomic E-state index is 13.1. The Balaban J connectivity index is 2.51. The summed E-state index contributed by atoms with van der Waals surface area (Å²) in [6, 6.07) is 0. The molecule has 0 aliphatic carbocycles. The average molecular weight is 177 g/mol. The van der Waals surface area contributed by atoms with Crippen LogP contribution >= 0.6 is 0 Å². The Bertz CT molecular complexity index is 145. The Morgan fingerprint density at radius 2 is 2.17 bits per heavy atom. The van der Waals surface area contributed by atoms with Crippen LogP contribution in [0.4, 0.5) is 4.39 Å². The zero-order valence-corrected chi connectivity index (χ0v) is 7.20. The van der Waals surface area contributed by atoms with Crippen molar-refractivity contribution >= 4 is 0 Å². The van der Waals surface area contributed by atoms with E-state index in [1.165, 1.54) is 0 Å². The van der Waals surface area contributed by atoms with Crippen molar-refractivity contribution in [2.75, 3.05) is 13.1 Å². The summed E-state index contributed by atoms with van der Waals surface area (Å²) in [5.74, 6) is -0.459. The minimum atomic E-state index is -1.03. The molecule has 1 rings (SSSR count). The number of nitrogens with one attached hydrogen (secondary N) is 1. The summed E-state index contributed by atoms with van der Waals surface area (Å²) in [6.07, 6.45) is -2.38. The maximum absolute atomic E-state index is 13.1. The SMILES string of the molecule is CC[C@@H](F)C1CNCC(O)C1O. The predicted molar refractivity (Wildman–Crippen MR) is 43.6 cm³/mol. The first kappa shape index (κ1) is 9.89. The molecule has 0 saturated carbocycles. The normalized spacial score (nSPS) is 39.5. The minimum absolute atomic E-state index is 0.355. The molecule has 4 heteroatoms. The summed E-state index contributed by atoms with van der Waals surface area (Å²) >= 11 is 0. The van der Waals surface area contributed by atoms with Crippen LogP contribution in [0.25, 0.3) is 0 Å². The van der Waals surface area contributed by atoms with Crippen LogP contribution in [0.15, 0.2) is 0 Å². The number of aliphatic hydroxyl groups is 2. The van der Waals surface area contributed by atoms with Gasteiger partial charge in [-0.25, -0.2) is 4.39 Å². The molecule has 0 aromatic carbocycles. The fourth-order valence-corrected chi connectivity index (χ4v) is 1.57. The first-order valence-electron chi connectivity index (χ1n) is 4.37. The highest BCUT2D eigenvalue weighted by Gasteiger charge is 2.34.